The maximum atomic E-state index is 12.9. The molecule has 2 nitrogen and oxygen atoms in total. The highest BCUT2D eigenvalue weighted by molar-refractivity contribution is 4.96. The Morgan fingerprint density at radius 2 is 1.24 bits per heavy atom. The molecule has 1 aliphatic heterocycles. The molecule has 0 N–H and O–H groups in total. The van der Waals surface area contributed by atoms with Gasteiger partial charge in [0.15, 0.2) is 0 Å². The molecule has 0 bridgehead atoms. The van der Waals surface area contributed by atoms with Crippen LogP contribution in [-0.2, 0) is 9.47 Å². The predicted octanol–water partition coefficient (Wildman–Crippen LogP) is 4.97. The molecule has 1 heterocycles. The quantitative estimate of drug-likeness (QED) is 0.508. The first-order chi connectivity index (χ1) is 9.59. The van der Waals surface area contributed by atoms with Crippen molar-refractivity contribution in [2.24, 2.45) is 0 Å². The SMILES string of the molecule is CCCCC[C@@H]1OC(C(F)(F)F)(C(F)(F)F)O[C@H]1CCC. The van der Waals surface area contributed by atoms with Crippen LogP contribution in [0, 0.1) is 0 Å². The predicted molar refractivity (Wildman–Crippen MR) is 63.6 cm³/mol. The fraction of sp³-hybridized carbons (Fsp3) is 1.00. The molecule has 1 saturated heterocycles. The van der Waals surface area contributed by atoms with E-state index in [-0.39, 0.29) is 12.8 Å². The van der Waals surface area contributed by atoms with E-state index >= 15 is 0 Å². The summed E-state index contributed by atoms with van der Waals surface area (Å²) in [6.45, 7) is 3.57. The standard InChI is InChI=1S/C13H20F6O2/c1-3-5-6-8-10-9(7-4-2)20-11(21-10,12(14,15)16)13(17,18)19/h9-10H,3-8H2,1-2H3/t9-,10-/m0/s1. The van der Waals surface area contributed by atoms with Crippen molar-refractivity contribution >= 4 is 0 Å². The summed E-state index contributed by atoms with van der Waals surface area (Å²) in [5, 5.41) is 0. The van der Waals surface area contributed by atoms with Gasteiger partial charge in [-0.25, -0.2) is 0 Å². The molecule has 2 atom stereocenters. The lowest BCUT2D eigenvalue weighted by atomic mass is 10.0. The van der Waals surface area contributed by atoms with Crippen LogP contribution in [-0.4, -0.2) is 30.3 Å². The molecule has 0 spiro atoms. The summed E-state index contributed by atoms with van der Waals surface area (Å²) in [6, 6.07) is 0. The van der Waals surface area contributed by atoms with Crippen molar-refractivity contribution in [2.45, 2.75) is 82.7 Å². The summed E-state index contributed by atoms with van der Waals surface area (Å²) in [5.41, 5.74) is 0. The third-order valence-corrected chi connectivity index (χ3v) is 3.46. The Labute approximate surface area is 119 Å². The van der Waals surface area contributed by atoms with Gasteiger partial charge in [-0.2, -0.15) is 26.3 Å². The molecule has 1 fully saturated rings. The number of hydrogen-bond donors (Lipinski definition) is 0. The van der Waals surface area contributed by atoms with Gasteiger partial charge in [-0.15, -0.1) is 0 Å². The number of unbranched alkanes of at least 4 members (excludes halogenated alkanes) is 2. The van der Waals surface area contributed by atoms with Crippen LogP contribution in [0.5, 0.6) is 0 Å². The zero-order valence-corrected chi connectivity index (χ0v) is 12.0. The Morgan fingerprint density at radius 3 is 1.62 bits per heavy atom. The Morgan fingerprint density at radius 1 is 0.762 bits per heavy atom. The van der Waals surface area contributed by atoms with Crippen LogP contribution in [0.25, 0.3) is 0 Å². The van der Waals surface area contributed by atoms with Crippen LogP contribution in [0.1, 0.15) is 52.4 Å². The Kier molecular flexibility index (Phi) is 5.94. The zero-order chi connectivity index (χ0) is 16.3. The first-order valence-electron chi connectivity index (χ1n) is 7.08. The van der Waals surface area contributed by atoms with Crippen LogP contribution in [0.2, 0.25) is 0 Å². The second-order valence-electron chi connectivity index (χ2n) is 5.21. The first-order valence-corrected chi connectivity index (χ1v) is 7.08. The highest BCUT2D eigenvalue weighted by Crippen LogP contribution is 2.52. The molecule has 0 aliphatic carbocycles. The average molecular weight is 322 g/mol. The number of alkyl halides is 6. The zero-order valence-electron chi connectivity index (χ0n) is 12.0. The molecule has 0 aromatic heterocycles. The van der Waals surface area contributed by atoms with Gasteiger partial charge in [0, 0.05) is 0 Å². The van der Waals surface area contributed by atoms with Crippen LogP contribution in [0.15, 0.2) is 0 Å². The van der Waals surface area contributed by atoms with Gasteiger partial charge in [0.1, 0.15) is 0 Å². The van der Waals surface area contributed by atoms with Crippen molar-refractivity contribution < 1.29 is 35.8 Å². The van der Waals surface area contributed by atoms with E-state index in [1.165, 1.54) is 0 Å². The molecule has 0 unspecified atom stereocenters. The van der Waals surface area contributed by atoms with Crippen LogP contribution < -0.4 is 0 Å². The summed E-state index contributed by atoms with van der Waals surface area (Å²) in [5.74, 6) is -4.49. The minimum absolute atomic E-state index is 0.102. The molecule has 126 valence electrons. The fourth-order valence-electron chi connectivity index (χ4n) is 2.40. The van der Waals surface area contributed by atoms with Crippen LogP contribution in [0.4, 0.5) is 26.3 Å². The molecule has 0 amide bonds. The van der Waals surface area contributed by atoms with E-state index in [2.05, 4.69) is 9.47 Å². The van der Waals surface area contributed by atoms with Gasteiger partial charge in [0.05, 0.1) is 12.2 Å². The van der Waals surface area contributed by atoms with E-state index in [1.807, 2.05) is 6.92 Å². The van der Waals surface area contributed by atoms with Crippen molar-refractivity contribution in [3.05, 3.63) is 0 Å². The van der Waals surface area contributed by atoms with Gasteiger partial charge in [0.25, 0.3) is 0 Å². The second kappa shape index (κ2) is 6.73. The molecule has 21 heavy (non-hydrogen) atoms. The van der Waals surface area contributed by atoms with E-state index in [9.17, 15) is 26.3 Å². The topological polar surface area (TPSA) is 18.5 Å². The minimum Gasteiger partial charge on any atom is -0.329 e. The van der Waals surface area contributed by atoms with Gasteiger partial charge in [0.2, 0.25) is 0 Å². The van der Waals surface area contributed by atoms with Crippen LogP contribution in [0.3, 0.4) is 0 Å². The number of ether oxygens (including phenoxy) is 2. The largest absolute Gasteiger partial charge is 0.453 e. The Bertz CT molecular complexity index is 312. The summed E-state index contributed by atoms with van der Waals surface area (Å²) in [6.07, 6.45) is -11.0. The van der Waals surface area contributed by atoms with E-state index in [0.717, 1.165) is 12.8 Å². The normalized spacial score (nSPS) is 26.3. The van der Waals surface area contributed by atoms with Crippen molar-refractivity contribution in [3.63, 3.8) is 0 Å². The molecule has 0 saturated carbocycles. The van der Waals surface area contributed by atoms with Crippen molar-refractivity contribution in [1.29, 1.82) is 0 Å². The fourth-order valence-corrected chi connectivity index (χ4v) is 2.40. The van der Waals surface area contributed by atoms with Gasteiger partial charge in [-0.05, 0) is 12.8 Å². The maximum Gasteiger partial charge on any atom is 0.453 e. The third kappa shape index (κ3) is 3.83. The lowest BCUT2D eigenvalue weighted by Gasteiger charge is -2.31. The summed E-state index contributed by atoms with van der Waals surface area (Å²) in [4.78, 5) is 0. The number of halogens is 6. The molecule has 1 aliphatic rings. The molecule has 0 aromatic carbocycles. The van der Waals surface area contributed by atoms with Gasteiger partial charge in [-0.3, -0.25) is 0 Å². The Hall–Kier alpha value is -0.500. The molecule has 0 radical (unpaired) electrons. The number of hydrogen-bond acceptors (Lipinski definition) is 2. The van der Waals surface area contributed by atoms with Crippen molar-refractivity contribution in [2.75, 3.05) is 0 Å². The summed E-state index contributed by atoms with van der Waals surface area (Å²) >= 11 is 0. The highest BCUT2D eigenvalue weighted by atomic mass is 19.4. The van der Waals surface area contributed by atoms with E-state index in [0.29, 0.717) is 12.8 Å². The second-order valence-corrected chi connectivity index (χ2v) is 5.21. The van der Waals surface area contributed by atoms with Gasteiger partial charge >= 0.3 is 18.1 Å². The summed E-state index contributed by atoms with van der Waals surface area (Å²) in [7, 11) is 0. The smallest absolute Gasteiger partial charge is 0.329 e. The number of rotatable bonds is 6. The van der Waals surface area contributed by atoms with E-state index in [4.69, 9.17) is 0 Å². The van der Waals surface area contributed by atoms with Gasteiger partial charge in [-0.1, -0.05) is 39.5 Å². The molecule has 1 rings (SSSR count). The monoisotopic (exact) mass is 322 g/mol. The minimum atomic E-state index is -5.66. The third-order valence-electron chi connectivity index (χ3n) is 3.46. The molecular weight excluding hydrogens is 302 g/mol. The summed E-state index contributed by atoms with van der Waals surface area (Å²) < 4.78 is 86.3. The first kappa shape index (κ1) is 18.5. The van der Waals surface area contributed by atoms with Crippen molar-refractivity contribution in [3.8, 4) is 0 Å². The molecule has 0 aromatic rings. The van der Waals surface area contributed by atoms with Crippen molar-refractivity contribution in [1.82, 2.24) is 0 Å². The van der Waals surface area contributed by atoms with E-state index < -0.39 is 30.3 Å². The van der Waals surface area contributed by atoms with Crippen LogP contribution >= 0.6 is 0 Å². The van der Waals surface area contributed by atoms with Gasteiger partial charge < -0.3 is 9.47 Å². The molecular formula is C13H20F6O2. The lowest BCUT2D eigenvalue weighted by molar-refractivity contribution is -0.446. The van der Waals surface area contributed by atoms with E-state index in [1.54, 1.807) is 6.92 Å². The lowest BCUT2D eigenvalue weighted by Crippen LogP contribution is -2.58. The Balaban J connectivity index is 2.97. The molecule has 8 heteroatoms. The average Bonchev–Trinajstić information content (AvgIpc) is 2.69. The highest BCUT2D eigenvalue weighted by Gasteiger charge is 2.78. The maximum absolute atomic E-state index is 12.9.